The Morgan fingerprint density at radius 2 is 1.85 bits per heavy atom. The first-order valence-corrected chi connectivity index (χ1v) is 15.0. The summed E-state index contributed by atoms with van der Waals surface area (Å²) in [5.74, 6) is 0.635. The number of aryl methyl sites for hydroxylation is 1. The molecule has 4 aromatic rings. The molecule has 1 aliphatic heterocycles. The zero-order valence-corrected chi connectivity index (χ0v) is 23.9. The van der Waals surface area contributed by atoms with Crippen molar-refractivity contribution in [3.63, 3.8) is 0 Å². The number of hydrogen-bond acceptors (Lipinski definition) is 8. The summed E-state index contributed by atoms with van der Waals surface area (Å²) in [5, 5.41) is 12.6. The van der Waals surface area contributed by atoms with Crippen molar-refractivity contribution in [3.05, 3.63) is 71.7 Å². The fraction of sp³-hybridized carbons (Fsp3) is 0.333. The Balaban J connectivity index is 1.50. The lowest BCUT2D eigenvalue weighted by Gasteiger charge is -2.31. The smallest absolute Gasteiger partial charge is 0.310 e. The topological polar surface area (TPSA) is 91.2 Å². The standard InChI is InChI=1S/C30H33N5O2S2/c1-30(2,29(36)37)20-35-17-8-4-3-5-11-21-12-6-7-13-22(21)27-28(23-14-10-18-38-23)31-19-24(32-27)34-39-26-16-9-15-25(35)33-26/h6-7,9-10,12-16,18-19H,3-5,8,11,17,20H2,1-2H3,(H,32,34)(H,36,37). The molecule has 4 bridgehead atoms. The van der Waals surface area contributed by atoms with Crippen LogP contribution in [0.5, 0.6) is 0 Å². The van der Waals surface area contributed by atoms with Crippen molar-refractivity contribution in [3.8, 4) is 21.8 Å². The number of anilines is 2. The van der Waals surface area contributed by atoms with Crippen molar-refractivity contribution in [2.24, 2.45) is 5.41 Å². The number of aromatic nitrogens is 3. The molecule has 5 rings (SSSR count). The number of thiophene rings is 1. The van der Waals surface area contributed by atoms with Crippen LogP contribution in [0.25, 0.3) is 21.8 Å². The van der Waals surface area contributed by atoms with Gasteiger partial charge in [-0.2, -0.15) is 0 Å². The second-order valence-electron chi connectivity index (χ2n) is 10.4. The first-order chi connectivity index (χ1) is 18.9. The molecule has 0 amide bonds. The van der Waals surface area contributed by atoms with Crippen molar-refractivity contribution < 1.29 is 9.90 Å². The van der Waals surface area contributed by atoms with Gasteiger partial charge in [0, 0.05) is 30.6 Å². The van der Waals surface area contributed by atoms with Crippen molar-refractivity contribution in [2.75, 3.05) is 22.7 Å². The molecule has 0 atom stereocenters. The Morgan fingerprint density at radius 3 is 2.67 bits per heavy atom. The number of pyridine rings is 1. The first kappa shape index (κ1) is 27.1. The molecule has 1 aromatic carbocycles. The van der Waals surface area contributed by atoms with Crippen LogP contribution >= 0.6 is 23.3 Å². The van der Waals surface area contributed by atoms with Crippen LogP contribution in [-0.4, -0.2) is 39.1 Å². The van der Waals surface area contributed by atoms with Gasteiger partial charge in [-0.1, -0.05) is 49.2 Å². The van der Waals surface area contributed by atoms with E-state index < -0.39 is 11.4 Å². The molecule has 0 unspecified atom stereocenters. The molecule has 9 heteroatoms. The fourth-order valence-electron chi connectivity index (χ4n) is 4.72. The first-order valence-electron chi connectivity index (χ1n) is 13.3. The predicted molar refractivity (Wildman–Crippen MR) is 160 cm³/mol. The van der Waals surface area contributed by atoms with Crippen molar-refractivity contribution in [1.82, 2.24) is 15.0 Å². The van der Waals surface area contributed by atoms with Crippen LogP contribution in [0.15, 0.2) is 71.2 Å². The van der Waals surface area contributed by atoms with E-state index in [1.54, 1.807) is 31.4 Å². The van der Waals surface area contributed by atoms with Crippen LogP contribution < -0.4 is 9.62 Å². The molecule has 2 N–H and O–H groups in total. The molecule has 39 heavy (non-hydrogen) atoms. The van der Waals surface area contributed by atoms with Gasteiger partial charge in [0.1, 0.15) is 22.2 Å². The monoisotopic (exact) mass is 559 g/mol. The quantitative estimate of drug-likeness (QED) is 0.250. The Hall–Kier alpha value is -3.43. The Bertz CT molecular complexity index is 1420. The van der Waals surface area contributed by atoms with E-state index in [-0.39, 0.29) is 0 Å². The van der Waals surface area contributed by atoms with Crippen molar-refractivity contribution in [2.45, 2.75) is 51.0 Å². The van der Waals surface area contributed by atoms with Crippen molar-refractivity contribution in [1.29, 1.82) is 0 Å². The van der Waals surface area contributed by atoms with Gasteiger partial charge >= 0.3 is 5.97 Å². The van der Waals surface area contributed by atoms with E-state index >= 15 is 0 Å². The minimum Gasteiger partial charge on any atom is -0.481 e. The summed E-state index contributed by atoms with van der Waals surface area (Å²) < 4.78 is 3.34. The lowest BCUT2D eigenvalue weighted by Crippen LogP contribution is -2.40. The molecule has 0 spiro atoms. The Kier molecular flexibility index (Phi) is 8.47. The van der Waals surface area contributed by atoms with E-state index in [1.165, 1.54) is 17.5 Å². The zero-order chi connectivity index (χ0) is 27.2. The maximum atomic E-state index is 11.9. The number of nitrogens with one attached hydrogen (secondary N) is 1. The van der Waals surface area contributed by atoms with Gasteiger partial charge < -0.3 is 14.7 Å². The Morgan fingerprint density at radius 1 is 1.00 bits per heavy atom. The maximum absolute atomic E-state index is 11.9. The fourth-order valence-corrected chi connectivity index (χ4v) is 6.04. The van der Waals surface area contributed by atoms with Crippen LogP contribution in [0.3, 0.4) is 0 Å². The highest BCUT2D eigenvalue weighted by molar-refractivity contribution is 8.00. The van der Waals surface area contributed by atoms with Crippen LogP contribution in [0, 0.1) is 5.41 Å². The molecule has 0 aliphatic carbocycles. The number of benzene rings is 1. The molecule has 7 nitrogen and oxygen atoms in total. The number of aliphatic carboxylic acids is 1. The number of fused-ring (bicyclic) bond motifs is 6. The molecule has 0 saturated heterocycles. The third-order valence-electron chi connectivity index (χ3n) is 6.88. The summed E-state index contributed by atoms with van der Waals surface area (Å²) in [6.45, 7) is 4.69. The van der Waals surface area contributed by atoms with Crippen LogP contribution in [0.2, 0.25) is 0 Å². The number of hydrogen-bond donors (Lipinski definition) is 2. The maximum Gasteiger partial charge on any atom is 0.310 e. The summed E-state index contributed by atoms with van der Waals surface area (Å²) in [6.07, 6.45) is 6.95. The largest absolute Gasteiger partial charge is 0.481 e. The average Bonchev–Trinajstić information content (AvgIpc) is 3.48. The van der Waals surface area contributed by atoms with Crippen LogP contribution in [0.1, 0.15) is 45.1 Å². The van der Waals surface area contributed by atoms with Gasteiger partial charge in [-0.25, -0.2) is 15.0 Å². The second kappa shape index (κ2) is 12.2. The van der Waals surface area contributed by atoms with Gasteiger partial charge in [0.2, 0.25) is 0 Å². The van der Waals surface area contributed by atoms with E-state index in [0.717, 1.165) is 71.3 Å². The summed E-state index contributed by atoms with van der Waals surface area (Å²) in [5.41, 5.74) is 3.28. The van der Waals surface area contributed by atoms with Gasteiger partial charge in [-0.15, -0.1) is 11.3 Å². The number of carbonyl (C=O) groups is 1. The van der Waals surface area contributed by atoms with Gasteiger partial charge in [-0.3, -0.25) is 4.79 Å². The average molecular weight is 560 g/mol. The van der Waals surface area contributed by atoms with Gasteiger partial charge in [0.25, 0.3) is 0 Å². The lowest BCUT2D eigenvalue weighted by atomic mass is 9.93. The minimum absolute atomic E-state index is 0.392. The third kappa shape index (κ3) is 6.59. The van der Waals surface area contributed by atoms with E-state index in [9.17, 15) is 9.90 Å². The minimum atomic E-state index is -0.887. The SMILES string of the molecule is CC(C)(CN1CCCCCCc2ccccc2-c2nc(cnc2-c2cccs2)NSc2cccc1n2)C(=O)O. The predicted octanol–water partition coefficient (Wildman–Crippen LogP) is 7.42. The number of nitrogens with zero attached hydrogens (tertiary/aromatic N) is 4. The second-order valence-corrected chi connectivity index (χ2v) is 12.2. The van der Waals surface area contributed by atoms with E-state index in [0.29, 0.717) is 12.4 Å². The van der Waals surface area contributed by atoms with Crippen LogP contribution in [0.4, 0.5) is 11.6 Å². The summed E-state index contributed by atoms with van der Waals surface area (Å²) in [6, 6.07) is 18.5. The summed E-state index contributed by atoms with van der Waals surface area (Å²) in [7, 11) is 0. The molecular formula is C30H33N5O2S2. The highest BCUT2D eigenvalue weighted by atomic mass is 32.2. The summed E-state index contributed by atoms with van der Waals surface area (Å²) >= 11 is 3.04. The highest BCUT2D eigenvalue weighted by Gasteiger charge is 2.30. The zero-order valence-electron chi connectivity index (χ0n) is 22.3. The number of carboxylic acids is 1. The molecular weight excluding hydrogens is 526 g/mol. The lowest BCUT2D eigenvalue weighted by molar-refractivity contribution is -0.146. The van der Waals surface area contributed by atoms with E-state index in [4.69, 9.17) is 15.0 Å². The molecule has 202 valence electrons. The van der Waals surface area contributed by atoms with Crippen molar-refractivity contribution >= 4 is 40.9 Å². The number of carboxylic acid groups (broad SMARTS) is 1. The molecule has 0 saturated carbocycles. The molecule has 4 heterocycles. The Labute approximate surface area is 237 Å². The van der Waals surface area contributed by atoms with E-state index in [2.05, 4.69) is 45.3 Å². The van der Waals surface area contributed by atoms with E-state index in [1.807, 2.05) is 24.3 Å². The molecule has 0 fully saturated rings. The molecule has 3 aromatic heterocycles. The summed E-state index contributed by atoms with van der Waals surface area (Å²) in [4.78, 5) is 29.9. The highest BCUT2D eigenvalue weighted by Crippen LogP contribution is 2.35. The van der Waals surface area contributed by atoms with Gasteiger partial charge in [0.05, 0.1) is 16.5 Å². The normalized spacial score (nSPS) is 14.7. The molecule has 1 aliphatic rings. The van der Waals surface area contributed by atoms with Gasteiger partial charge in [0.15, 0.2) is 5.82 Å². The molecule has 0 radical (unpaired) electrons. The van der Waals surface area contributed by atoms with Crippen LogP contribution in [-0.2, 0) is 11.2 Å². The van der Waals surface area contributed by atoms with Gasteiger partial charge in [-0.05, 0) is 62.3 Å². The third-order valence-corrected chi connectivity index (χ3v) is 8.51. The number of rotatable bonds is 4.